The standard InChI is InChI=1S/C17H16N8O.H2/c1(2-11-3-4-11)7-25-10-14(19-24-25)16-15(26-13-5-6-13)8-12(9-18-16)17-20-22-23-21-17;/h8-11,13H,3-7H2,(H,20,21,22,23);1H. The Hall–Kier alpha value is -3.28. The van der Waals surface area contributed by atoms with E-state index in [-0.39, 0.29) is 7.53 Å². The minimum atomic E-state index is 0. The van der Waals surface area contributed by atoms with Crippen LogP contribution in [0.4, 0.5) is 0 Å². The highest BCUT2D eigenvalue weighted by Crippen LogP contribution is 2.34. The normalized spacial score (nSPS) is 16.2. The van der Waals surface area contributed by atoms with E-state index in [1.807, 2.05) is 12.3 Å². The van der Waals surface area contributed by atoms with Gasteiger partial charge in [0.25, 0.3) is 0 Å². The summed E-state index contributed by atoms with van der Waals surface area (Å²) in [5.74, 6) is 8.08. The van der Waals surface area contributed by atoms with Gasteiger partial charge in [-0.3, -0.25) is 0 Å². The highest BCUT2D eigenvalue weighted by Gasteiger charge is 2.26. The molecule has 2 aliphatic rings. The zero-order chi connectivity index (χ0) is 17.3. The maximum Gasteiger partial charge on any atom is 0.206 e. The van der Waals surface area contributed by atoms with Crippen LogP contribution in [0.1, 0.15) is 27.1 Å². The number of rotatable bonds is 5. The summed E-state index contributed by atoms with van der Waals surface area (Å²) in [7, 11) is 0. The van der Waals surface area contributed by atoms with Crippen LogP contribution in [0.25, 0.3) is 22.8 Å². The van der Waals surface area contributed by atoms with Gasteiger partial charge in [-0.2, -0.15) is 5.21 Å². The van der Waals surface area contributed by atoms with Gasteiger partial charge in [0, 0.05) is 19.1 Å². The first-order chi connectivity index (χ1) is 12.8. The Morgan fingerprint density at radius 2 is 2.19 bits per heavy atom. The van der Waals surface area contributed by atoms with Crippen LogP contribution in [0, 0.1) is 17.8 Å². The smallest absolute Gasteiger partial charge is 0.206 e. The van der Waals surface area contributed by atoms with Gasteiger partial charge in [-0.15, -0.1) is 15.3 Å². The van der Waals surface area contributed by atoms with Crippen LogP contribution in [0.5, 0.6) is 5.75 Å². The molecule has 0 unspecified atom stereocenters. The van der Waals surface area contributed by atoms with Crippen LogP contribution in [0.15, 0.2) is 18.5 Å². The molecular weight excluding hydrogens is 332 g/mol. The molecule has 0 spiro atoms. The summed E-state index contributed by atoms with van der Waals surface area (Å²) in [5.41, 5.74) is 2.06. The van der Waals surface area contributed by atoms with Gasteiger partial charge in [-0.25, -0.2) is 9.67 Å². The number of nitrogens with zero attached hydrogens (tertiary/aromatic N) is 7. The summed E-state index contributed by atoms with van der Waals surface area (Å²) in [6, 6.07) is 1.87. The van der Waals surface area contributed by atoms with Gasteiger partial charge in [0.2, 0.25) is 5.82 Å². The number of ether oxygens (including phenoxy) is 1. The van der Waals surface area contributed by atoms with Crippen molar-refractivity contribution in [3.8, 4) is 40.4 Å². The van der Waals surface area contributed by atoms with Gasteiger partial charge in [0.1, 0.15) is 23.7 Å². The molecule has 9 nitrogen and oxygen atoms in total. The second-order valence-electron chi connectivity index (χ2n) is 6.52. The molecule has 9 heteroatoms. The van der Waals surface area contributed by atoms with E-state index in [4.69, 9.17) is 4.74 Å². The van der Waals surface area contributed by atoms with Crippen molar-refractivity contribution in [2.24, 2.45) is 5.92 Å². The first kappa shape index (κ1) is 15.0. The fourth-order valence-corrected chi connectivity index (χ4v) is 2.48. The summed E-state index contributed by atoms with van der Waals surface area (Å²) in [6.45, 7) is 0.531. The molecule has 5 rings (SSSR count). The maximum atomic E-state index is 6.03. The summed E-state index contributed by atoms with van der Waals surface area (Å²) < 4.78 is 7.75. The van der Waals surface area contributed by atoms with Crippen molar-refractivity contribution in [1.82, 2.24) is 40.6 Å². The van der Waals surface area contributed by atoms with Crippen molar-refractivity contribution in [3.05, 3.63) is 18.5 Å². The van der Waals surface area contributed by atoms with Gasteiger partial charge in [0.05, 0.1) is 12.3 Å². The molecule has 132 valence electrons. The van der Waals surface area contributed by atoms with Gasteiger partial charge >= 0.3 is 0 Å². The molecule has 2 aliphatic carbocycles. The molecule has 0 saturated heterocycles. The van der Waals surface area contributed by atoms with Crippen molar-refractivity contribution >= 4 is 0 Å². The third-order valence-electron chi connectivity index (χ3n) is 4.18. The highest BCUT2D eigenvalue weighted by molar-refractivity contribution is 5.67. The Kier molecular flexibility index (Phi) is 3.59. The topological polar surface area (TPSA) is 107 Å². The van der Waals surface area contributed by atoms with E-state index in [0.717, 1.165) is 18.4 Å². The predicted molar refractivity (Wildman–Crippen MR) is 92.7 cm³/mol. The molecule has 3 aromatic heterocycles. The van der Waals surface area contributed by atoms with E-state index in [1.165, 1.54) is 12.8 Å². The van der Waals surface area contributed by atoms with E-state index in [9.17, 15) is 0 Å². The van der Waals surface area contributed by atoms with Crippen LogP contribution in [0.2, 0.25) is 0 Å². The maximum absolute atomic E-state index is 6.03. The zero-order valence-electron chi connectivity index (χ0n) is 14.0. The van der Waals surface area contributed by atoms with Crippen molar-refractivity contribution in [3.63, 3.8) is 0 Å². The Morgan fingerprint density at radius 3 is 2.96 bits per heavy atom. The highest BCUT2D eigenvalue weighted by atomic mass is 16.5. The van der Waals surface area contributed by atoms with E-state index >= 15 is 0 Å². The zero-order valence-corrected chi connectivity index (χ0v) is 14.0. The Morgan fingerprint density at radius 1 is 1.27 bits per heavy atom. The number of pyridine rings is 1. The molecule has 26 heavy (non-hydrogen) atoms. The van der Waals surface area contributed by atoms with Crippen LogP contribution < -0.4 is 4.74 Å². The Labute approximate surface area is 150 Å². The van der Waals surface area contributed by atoms with Crippen molar-refractivity contribution < 1.29 is 6.16 Å². The molecule has 0 amide bonds. The lowest BCUT2D eigenvalue weighted by molar-refractivity contribution is 0.303. The summed E-state index contributed by atoms with van der Waals surface area (Å²) in [6.07, 6.45) is 8.30. The molecule has 2 fully saturated rings. The predicted octanol–water partition coefficient (Wildman–Crippen LogP) is 1.72. The van der Waals surface area contributed by atoms with E-state index in [0.29, 0.717) is 35.4 Å². The Bertz CT molecular complexity index is 982. The molecule has 2 saturated carbocycles. The molecule has 3 aromatic rings. The van der Waals surface area contributed by atoms with Gasteiger partial charge in [-0.1, -0.05) is 17.1 Å². The third kappa shape index (κ3) is 3.26. The van der Waals surface area contributed by atoms with Crippen molar-refractivity contribution in [2.45, 2.75) is 38.3 Å². The minimum absolute atomic E-state index is 0. The van der Waals surface area contributed by atoms with Crippen LogP contribution in [-0.4, -0.2) is 46.7 Å². The fraction of sp³-hybridized carbons (Fsp3) is 0.412. The lowest BCUT2D eigenvalue weighted by Gasteiger charge is -2.09. The molecule has 0 bridgehead atoms. The SMILES string of the molecule is C(#CC1CC1)Cn1cc(-c2ncc(-c3nn[nH]n3)cc2OC2CC2)nn1.[HH]. The second-order valence-corrected chi connectivity index (χ2v) is 6.52. The number of tetrazole rings is 1. The molecule has 0 aromatic carbocycles. The molecular formula is C17H18N8O. The second kappa shape index (κ2) is 6.22. The third-order valence-corrected chi connectivity index (χ3v) is 4.18. The van der Waals surface area contributed by atoms with Gasteiger partial charge in [0.15, 0.2) is 0 Å². The molecule has 0 radical (unpaired) electrons. The molecule has 3 heterocycles. The van der Waals surface area contributed by atoms with Crippen molar-refractivity contribution in [1.29, 1.82) is 0 Å². The fourth-order valence-electron chi connectivity index (χ4n) is 2.48. The quantitative estimate of drug-likeness (QED) is 0.698. The van der Waals surface area contributed by atoms with Gasteiger partial charge < -0.3 is 4.74 Å². The van der Waals surface area contributed by atoms with E-state index in [2.05, 4.69) is 47.8 Å². The first-order valence-corrected chi connectivity index (χ1v) is 8.64. The number of nitrogens with one attached hydrogen (secondary N) is 1. The molecule has 0 aliphatic heterocycles. The lowest BCUT2D eigenvalue weighted by Crippen LogP contribution is -2.00. The first-order valence-electron chi connectivity index (χ1n) is 8.64. The Balaban J connectivity index is 0.00000180. The molecule has 1 N–H and O–H groups in total. The number of hydrogen-bond donors (Lipinski definition) is 1. The average Bonchev–Trinajstić information content (AvgIpc) is 3.54. The minimum Gasteiger partial charge on any atom is -0.488 e. The number of aromatic nitrogens is 8. The number of hydrogen-bond acceptors (Lipinski definition) is 7. The largest absolute Gasteiger partial charge is 0.488 e. The summed E-state index contributed by atoms with van der Waals surface area (Å²) in [4.78, 5) is 4.52. The van der Waals surface area contributed by atoms with Crippen LogP contribution in [0.3, 0.4) is 0 Å². The monoisotopic (exact) mass is 350 g/mol. The lowest BCUT2D eigenvalue weighted by atomic mass is 10.2. The van der Waals surface area contributed by atoms with Crippen LogP contribution in [-0.2, 0) is 6.54 Å². The van der Waals surface area contributed by atoms with E-state index < -0.39 is 0 Å². The summed E-state index contributed by atoms with van der Waals surface area (Å²) >= 11 is 0. The van der Waals surface area contributed by atoms with Crippen molar-refractivity contribution in [2.75, 3.05) is 0 Å². The molecule has 0 atom stereocenters. The average molecular weight is 350 g/mol. The van der Waals surface area contributed by atoms with Crippen LogP contribution >= 0.6 is 0 Å². The summed E-state index contributed by atoms with van der Waals surface area (Å²) in [5, 5.41) is 22.4. The van der Waals surface area contributed by atoms with E-state index in [1.54, 1.807) is 10.9 Å². The number of aromatic amines is 1. The number of H-pyrrole nitrogens is 1. The van der Waals surface area contributed by atoms with Gasteiger partial charge in [-0.05, 0) is 37.0 Å².